The van der Waals surface area contributed by atoms with E-state index >= 15 is 0 Å². The maximum Gasteiger partial charge on any atom is 0.321 e. The summed E-state index contributed by atoms with van der Waals surface area (Å²) in [5, 5.41) is 3.60. The van der Waals surface area contributed by atoms with Gasteiger partial charge in [0.2, 0.25) is 0 Å². The Morgan fingerprint density at radius 2 is 2.33 bits per heavy atom. The zero-order valence-electron chi connectivity index (χ0n) is 9.41. The number of nitrogens with one attached hydrogen (secondary N) is 1. The van der Waals surface area contributed by atoms with Gasteiger partial charge in [0, 0.05) is 14.1 Å². The monoisotopic (exact) mass is 227 g/mol. The third-order valence-electron chi connectivity index (χ3n) is 1.98. The lowest BCUT2D eigenvalue weighted by Crippen LogP contribution is -2.26. The quantitative estimate of drug-likeness (QED) is 0.859. The molecule has 1 aromatic rings. The molecule has 1 rings (SSSR count). The zero-order valence-corrected chi connectivity index (χ0v) is 10.2. The van der Waals surface area contributed by atoms with E-state index in [1.807, 2.05) is 6.07 Å². The first kappa shape index (κ1) is 12.0. The van der Waals surface area contributed by atoms with Crippen molar-refractivity contribution >= 4 is 22.6 Å². The van der Waals surface area contributed by atoms with Crippen LogP contribution in [0.3, 0.4) is 0 Å². The average molecular weight is 227 g/mol. The van der Waals surface area contributed by atoms with Gasteiger partial charge in [-0.25, -0.2) is 4.79 Å². The molecule has 1 N–H and O–H groups in total. The standard InChI is InChI=1S/C10H17N3OS/c1-4-5-6-8-7-9(15-12-8)11-10(14)13(2)3/h7H,4-6H2,1-3H3,(H,11,14). The highest BCUT2D eigenvalue weighted by atomic mass is 32.1. The summed E-state index contributed by atoms with van der Waals surface area (Å²) in [6.45, 7) is 2.15. The number of anilines is 1. The second-order valence-electron chi connectivity index (χ2n) is 3.61. The topological polar surface area (TPSA) is 45.2 Å². The molecule has 0 saturated carbocycles. The molecule has 2 amide bonds. The normalized spacial score (nSPS) is 10.1. The van der Waals surface area contributed by atoms with Gasteiger partial charge in [0.25, 0.3) is 0 Å². The van der Waals surface area contributed by atoms with E-state index in [1.54, 1.807) is 14.1 Å². The fourth-order valence-corrected chi connectivity index (χ4v) is 1.74. The number of aromatic nitrogens is 1. The number of hydrogen-bond donors (Lipinski definition) is 1. The Morgan fingerprint density at radius 1 is 1.60 bits per heavy atom. The minimum absolute atomic E-state index is 0.110. The first-order valence-corrected chi connectivity index (χ1v) is 5.84. The van der Waals surface area contributed by atoms with Gasteiger partial charge in [-0.1, -0.05) is 13.3 Å². The van der Waals surface area contributed by atoms with E-state index in [0.717, 1.165) is 30.0 Å². The minimum Gasteiger partial charge on any atom is -0.331 e. The first-order chi connectivity index (χ1) is 7.13. The summed E-state index contributed by atoms with van der Waals surface area (Å²) >= 11 is 1.34. The molecule has 15 heavy (non-hydrogen) atoms. The van der Waals surface area contributed by atoms with Crippen LogP contribution in [0.15, 0.2) is 6.07 Å². The molecule has 0 aliphatic carbocycles. The molecule has 1 aromatic heterocycles. The molecule has 0 aliphatic heterocycles. The van der Waals surface area contributed by atoms with Crippen LogP contribution in [0.1, 0.15) is 25.5 Å². The predicted octanol–water partition coefficient (Wildman–Crippen LogP) is 2.58. The summed E-state index contributed by atoms with van der Waals surface area (Å²) in [4.78, 5) is 12.8. The minimum atomic E-state index is -0.110. The van der Waals surface area contributed by atoms with Crippen molar-refractivity contribution in [3.05, 3.63) is 11.8 Å². The molecule has 0 saturated heterocycles. The smallest absolute Gasteiger partial charge is 0.321 e. The summed E-state index contributed by atoms with van der Waals surface area (Å²) in [6.07, 6.45) is 3.30. The summed E-state index contributed by atoms with van der Waals surface area (Å²) < 4.78 is 4.27. The Bertz CT molecular complexity index is 322. The van der Waals surface area contributed by atoms with Crippen molar-refractivity contribution in [2.75, 3.05) is 19.4 Å². The van der Waals surface area contributed by atoms with Gasteiger partial charge in [-0.3, -0.25) is 5.32 Å². The number of rotatable bonds is 4. The number of carbonyl (C=O) groups is 1. The van der Waals surface area contributed by atoms with Gasteiger partial charge in [-0.05, 0) is 30.4 Å². The highest BCUT2D eigenvalue weighted by Crippen LogP contribution is 2.17. The van der Waals surface area contributed by atoms with Crippen molar-refractivity contribution < 1.29 is 4.79 Å². The maximum atomic E-state index is 11.3. The van der Waals surface area contributed by atoms with Gasteiger partial charge in [-0.2, -0.15) is 4.37 Å². The van der Waals surface area contributed by atoms with Crippen LogP contribution >= 0.6 is 11.5 Å². The largest absolute Gasteiger partial charge is 0.331 e. The molecule has 0 fully saturated rings. The molecule has 0 atom stereocenters. The highest BCUT2D eigenvalue weighted by Gasteiger charge is 2.06. The van der Waals surface area contributed by atoms with E-state index in [1.165, 1.54) is 16.4 Å². The Balaban J connectivity index is 2.49. The Morgan fingerprint density at radius 3 is 2.93 bits per heavy atom. The summed E-state index contributed by atoms with van der Waals surface area (Å²) in [5.41, 5.74) is 1.07. The third kappa shape index (κ3) is 3.87. The molecule has 1 heterocycles. The number of aryl methyl sites for hydroxylation is 1. The molecule has 0 unspecified atom stereocenters. The average Bonchev–Trinajstić information content (AvgIpc) is 2.62. The highest BCUT2D eigenvalue weighted by molar-refractivity contribution is 7.10. The molecular formula is C10H17N3OS. The van der Waals surface area contributed by atoms with E-state index in [2.05, 4.69) is 16.6 Å². The molecule has 84 valence electrons. The van der Waals surface area contributed by atoms with Crippen molar-refractivity contribution in [3.8, 4) is 0 Å². The number of urea groups is 1. The van der Waals surface area contributed by atoms with E-state index in [-0.39, 0.29) is 6.03 Å². The molecule has 4 nitrogen and oxygen atoms in total. The third-order valence-corrected chi connectivity index (χ3v) is 2.72. The number of amides is 2. The molecule has 5 heteroatoms. The summed E-state index contributed by atoms with van der Waals surface area (Å²) in [7, 11) is 3.43. The molecule has 0 aromatic carbocycles. The Labute approximate surface area is 94.5 Å². The second-order valence-corrected chi connectivity index (χ2v) is 4.42. The van der Waals surface area contributed by atoms with E-state index < -0.39 is 0 Å². The summed E-state index contributed by atoms with van der Waals surface area (Å²) in [5.74, 6) is 0. The van der Waals surface area contributed by atoms with Crippen LogP contribution in [0, 0.1) is 0 Å². The van der Waals surface area contributed by atoms with Crippen molar-refractivity contribution in [1.82, 2.24) is 9.27 Å². The lowest BCUT2D eigenvalue weighted by atomic mass is 10.2. The Kier molecular flexibility index (Phi) is 4.55. The van der Waals surface area contributed by atoms with E-state index in [0.29, 0.717) is 0 Å². The van der Waals surface area contributed by atoms with Gasteiger partial charge >= 0.3 is 6.03 Å². The molecule has 0 bridgehead atoms. The van der Waals surface area contributed by atoms with E-state index in [9.17, 15) is 4.79 Å². The van der Waals surface area contributed by atoms with Crippen LogP contribution in [0.4, 0.5) is 9.80 Å². The number of carbonyl (C=O) groups excluding carboxylic acids is 1. The molecule has 0 spiro atoms. The zero-order chi connectivity index (χ0) is 11.3. The fraction of sp³-hybridized carbons (Fsp3) is 0.600. The SMILES string of the molecule is CCCCc1cc(NC(=O)N(C)C)sn1. The number of hydrogen-bond acceptors (Lipinski definition) is 3. The lowest BCUT2D eigenvalue weighted by Gasteiger charge is -2.09. The van der Waals surface area contributed by atoms with E-state index in [4.69, 9.17) is 0 Å². The van der Waals surface area contributed by atoms with Crippen LogP contribution in [-0.4, -0.2) is 29.4 Å². The van der Waals surface area contributed by atoms with Crippen LogP contribution in [0.5, 0.6) is 0 Å². The fourth-order valence-electron chi connectivity index (χ4n) is 1.06. The van der Waals surface area contributed by atoms with Crippen molar-refractivity contribution in [1.29, 1.82) is 0 Å². The van der Waals surface area contributed by atoms with Gasteiger partial charge < -0.3 is 4.90 Å². The second kappa shape index (κ2) is 5.70. The van der Waals surface area contributed by atoms with Crippen molar-refractivity contribution in [2.24, 2.45) is 0 Å². The van der Waals surface area contributed by atoms with Crippen molar-refractivity contribution in [2.45, 2.75) is 26.2 Å². The first-order valence-electron chi connectivity index (χ1n) is 5.07. The Hall–Kier alpha value is -1.10. The lowest BCUT2D eigenvalue weighted by molar-refractivity contribution is 0.231. The molecule has 0 radical (unpaired) electrons. The number of unbranched alkanes of at least 4 members (excludes halogenated alkanes) is 1. The maximum absolute atomic E-state index is 11.3. The summed E-state index contributed by atoms with van der Waals surface area (Å²) in [6, 6.07) is 1.84. The molecule has 0 aliphatic rings. The predicted molar refractivity (Wildman–Crippen MR) is 63.4 cm³/mol. The van der Waals surface area contributed by atoms with Gasteiger partial charge in [0.1, 0.15) is 5.00 Å². The van der Waals surface area contributed by atoms with Crippen LogP contribution in [-0.2, 0) is 6.42 Å². The van der Waals surface area contributed by atoms with Crippen LogP contribution < -0.4 is 5.32 Å². The van der Waals surface area contributed by atoms with Gasteiger partial charge in [0.15, 0.2) is 0 Å². The van der Waals surface area contributed by atoms with Gasteiger partial charge in [-0.15, -0.1) is 0 Å². The van der Waals surface area contributed by atoms with Crippen molar-refractivity contribution in [3.63, 3.8) is 0 Å². The number of nitrogens with zero attached hydrogens (tertiary/aromatic N) is 2. The van der Waals surface area contributed by atoms with Crippen LogP contribution in [0.2, 0.25) is 0 Å². The molecular weight excluding hydrogens is 210 g/mol. The van der Waals surface area contributed by atoms with Crippen LogP contribution in [0.25, 0.3) is 0 Å². The van der Waals surface area contributed by atoms with Gasteiger partial charge in [0.05, 0.1) is 5.69 Å².